The van der Waals surface area contributed by atoms with Crippen LogP contribution in [0, 0.1) is 27.7 Å². The van der Waals surface area contributed by atoms with E-state index in [9.17, 15) is 18.0 Å². The van der Waals surface area contributed by atoms with Gasteiger partial charge < -0.3 is 5.32 Å². The number of carbonyl (C=O) groups excluding carboxylic acids is 2. The van der Waals surface area contributed by atoms with Crippen LogP contribution in [0.3, 0.4) is 0 Å². The summed E-state index contributed by atoms with van der Waals surface area (Å²) in [4.78, 5) is 24.2. The molecule has 0 spiro atoms. The van der Waals surface area contributed by atoms with E-state index in [1.54, 1.807) is 38.1 Å². The minimum Gasteiger partial charge on any atom is -0.325 e. The molecule has 0 bridgehead atoms. The number of anilines is 1. The molecular weight excluding hydrogens is 376 g/mol. The van der Waals surface area contributed by atoms with Crippen LogP contribution in [0.5, 0.6) is 0 Å². The van der Waals surface area contributed by atoms with E-state index in [1.807, 2.05) is 19.9 Å². The molecule has 0 heterocycles. The second kappa shape index (κ2) is 8.24. The first kappa shape index (κ1) is 21.8. The van der Waals surface area contributed by atoms with E-state index in [0.717, 1.165) is 11.1 Å². The van der Waals surface area contributed by atoms with Crippen LogP contribution in [0.4, 0.5) is 5.69 Å². The molecule has 2 rings (SSSR count). The predicted octanol–water partition coefficient (Wildman–Crippen LogP) is 3.43. The number of amides is 1. The molecule has 7 heteroatoms. The molecule has 0 fully saturated rings. The van der Waals surface area contributed by atoms with Gasteiger partial charge in [0.25, 0.3) is 0 Å². The molecule has 0 aliphatic rings. The lowest BCUT2D eigenvalue weighted by Crippen LogP contribution is -2.42. The Kier molecular flexibility index (Phi) is 6.41. The van der Waals surface area contributed by atoms with Crippen LogP contribution in [0.25, 0.3) is 0 Å². The Morgan fingerprint density at radius 2 is 1.54 bits per heavy atom. The Balaban J connectivity index is 2.24. The Morgan fingerprint density at radius 1 is 0.964 bits per heavy atom. The molecule has 1 amide bonds. The van der Waals surface area contributed by atoms with Gasteiger partial charge in [0.2, 0.25) is 15.9 Å². The topological polar surface area (TPSA) is 92.3 Å². The maximum absolute atomic E-state index is 13.0. The largest absolute Gasteiger partial charge is 0.325 e. The minimum absolute atomic E-state index is 0.120. The average Bonchev–Trinajstić information content (AvgIpc) is 2.59. The van der Waals surface area contributed by atoms with Gasteiger partial charge >= 0.3 is 0 Å². The van der Waals surface area contributed by atoms with Crippen LogP contribution in [0.1, 0.15) is 46.5 Å². The third kappa shape index (κ3) is 4.66. The van der Waals surface area contributed by atoms with Crippen molar-refractivity contribution >= 4 is 27.4 Å². The number of aryl methyl sites for hydroxylation is 2. The molecule has 2 aromatic rings. The van der Waals surface area contributed by atoms with Crippen LogP contribution >= 0.6 is 0 Å². The minimum atomic E-state index is -3.89. The van der Waals surface area contributed by atoms with Crippen molar-refractivity contribution in [3.05, 3.63) is 58.1 Å². The first-order valence-corrected chi connectivity index (χ1v) is 10.4. The molecule has 0 aliphatic carbocycles. The van der Waals surface area contributed by atoms with Crippen LogP contribution in [0.15, 0.2) is 35.2 Å². The molecule has 0 radical (unpaired) electrons. The zero-order chi connectivity index (χ0) is 21.2. The number of hydrogen-bond acceptors (Lipinski definition) is 4. The lowest BCUT2D eigenvalue weighted by molar-refractivity contribution is -0.117. The van der Waals surface area contributed by atoms with Gasteiger partial charge in [0, 0.05) is 11.3 Å². The number of ketones is 1. The van der Waals surface area contributed by atoms with Crippen molar-refractivity contribution in [1.82, 2.24) is 4.72 Å². The van der Waals surface area contributed by atoms with Crippen LogP contribution in [0.2, 0.25) is 0 Å². The zero-order valence-corrected chi connectivity index (χ0v) is 17.8. The molecule has 150 valence electrons. The van der Waals surface area contributed by atoms with Gasteiger partial charge in [-0.1, -0.05) is 18.2 Å². The molecule has 0 aliphatic heterocycles. The van der Waals surface area contributed by atoms with Crippen LogP contribution in [-0.2, 0) is 14.8 Å². The summed E-state index contributed by atoms with van der Waals surface area (Å²) >= 11 is 0. The zero-order valence-electron chi connectivity index (χ0n) is 17.0. The lowest BCUT2D eigenvalue weighted by Gasteiger charge is -2.19. The lowest BCUT2D eigenvalue weighted by atomic mass is 10.0. The smallest absolute Gasteiger partial charge is 0.242 e. The second-order valence-corrected chi connectivity index (χ2v) is 8.71. The summed E-state index contributed by atoms with van der Waals surface area (Å²) in [6.45, 7) is 10.2. The van der Waals surface area contributed by atoms with Gasteiger partial charge in [0.05, 0.1) is 10.9 Å². The molecule has 28 heavy (non-hydrogen) atoms. The summed E-state index contributed by atoms with van der Waals surface area (Å²) in [5.41, 5.74) is 3.98. The third-order valence-corrected chi connectivity index (χ3v) is 6.64. The normalized spacial score (nSPS) is 12.5. The molecule has 0 saturated carbocycles. The van der Waals surface area contributed by atoms with Gasteiger partial charge in [-0.05, 0) is 75.9 Å². The number of hydrogen-bond donors (Lipinski definition) is 2. The van der Waals surface area contributed by atoms with Crippen LogP contribution in [-0.4, -0.2) is 26.2 Å². The van der Waals surface area contributed by atoms with E-state index >= 15 is 0 Å². The van der Waals surface area contributed by atoms with E-state index in [2.05, 4.69) is 10.0 Å². The second-order valence-electron chi connectivity index (χ2n) is 7.06. The van der Waals surface area contributed by atoms with Gasteiger partial charge in [-0.15, -0.1) is 0 Å². The third-order valence-electron chi connectivity index (χ3n) is 4.83. The summed E-state index contributed by atoms with van der Waals surface area (Å²) in [5, 5.41) is 2.64. The number of sulfonamides is 1. The summed E-state index contributed by atoms with van der Waals surface area (Å²) in [5.74, 6) is -0.630. The highest BCUT2D eigenvalue weighted by Crippen LogP contribution is 2.26. The Bertz CT molecular complexity index is 1020. The first-order chi connectivity index (χ1) is 12.9. The molecule has 2 aromatic carbocycles. The maximum Gasteiger partial charge on any atom is 0.242 e. The Morgan fingerprint density at radius 3 is 2.07 bits per heavy atom. The van der Waals surface area contributed by atoms with Crippen molar-refractivity contribution in [3.63, 3.8) is 0 Å². The average molecular weight is 403 g/mol. The van der Waals surface area contributed by atoms with Crippen molar-refractivity contribution in [2.24, 2.45) is 0 Å². The summed E-state index contributed by atoms with van der Waals surface area (Å²) in [7, 11) is -3.89. The van der Waals surface area contributed by atoms with Crippen molar-refractivity contribution in [2.45, 2.75) is 52.5 Å². The number of rotatable bonds is 6. The number of Topliss-reactive ketones (excluding diaryl/α,β-unsaturated/α-hetero) is 1. The fourth-order valence-electron chi connectivity index (χ4n) is 3.00. The van der Waals surface area contributed by atoms with Gasteiger partial charge in [-0.25, -0.2) is 8.42 Å². The van der Waals surface area contributed by atoms with Crippen molar-refractivity contribution in [1.29, 1.82) is 0 Å². The standard InChI is InChI=1S/C21H26N2O4S/c1-12-10-13(2)15(4)20(14(12)3)28(26,27)23-16(5)21(25)22-19-9-7-8-18(11-19)17(6)24/h7-11,16,23H,1-6H3,(H,22,25)/t16-/m0/s1. The highest BCUT2D eigenvalue weighted by Gasteiger charge is 2.26. The molecule has 0 aromatic heterocycles. The highest BCUT2D eigenvalue weighted by atomic mass is 32.2. The molecule has 0 unspecified atom stereocenters. The van der Waals surface area contributed by atoms with Gasteiger partial charge in [0.15, 0.2) is 5.78 Å². The molecule has 0 saturated heterocycles. The monoisotopic (exact) mass is 402 g/mol. The van der Waals surface area contributed by atoms with E-state index in [1.165, 1.54) is 13.8 Å². The quantitative estimate of drug-likeness (QED) is 0.724. The number of benzene rings is 2. The summed E-state index contributed by atoms with van der Waals surface area (Å²) in [6, 6.07) is 7.45. The van der Waals surface area contributed by atoms with Crippen LogP contribution < -0.4 is 10.0 Å². The number of nitrogens with one attached hydrogen (secondary N) is 2. The van der Waals surface area contributed by atoms with Crippen molar-refractivity contribution < 1.29 is 18.0 Å². The summed E-state index contributed by atoms with van der Waals surface area (Å²) < 4.78 is 28.4. The molecule has 2 N–H and O–H groups in total. The van der Waals surface area contributed by atoms with Crippen molar-refractivity contribution in [3.8, 4) is 0 Å². The van der Waals surface area contributed by atoms with E-state index in [4.69, 9.17) is 0 Å². The maximum atomic E-state index is 13.0. The SMILES string of the molecule is CC(=O)c1cccc(NC(=O)[C@H](C)NS(=O)(=O)c2c(C)c(C)cc(C)c2C)c1. The van der Waals surface area contributed by atoms with Crippen molar-refractivity contribution in [2.75, 3.05) is 5.32 Å². The number of carbonyl (C=O) groups is 2. The fraction of sp³-hybridized carbons (Fsp3) is 0.333. The summed E-state index contributed by atoms with van der Waals surface area (Å²) in [6.07, 6.45) is 0. The van der Waals surface area contributed by atoms with E-state index in [-0.39, 0.29) is 10.7 Å². The van der Waals surface area contributed by atoms with E-state index in [0.29, 0.717) is 22.4 Å². The van der Waals surface area contributed by atoms with Gasteiger partial charge in [-0.2, -0.15) is 4.72 Å². The van der Waals surface area contributed by atoms with Gasteiger partial charge in [0.1, 0.15) is 0 Å². The molecule has 1 atom stereocenters. The molecular formula is C21H26N2O4S. The first-order valence-electron chi connectivity index (χ1n) is 8.95. The fourth-order valence-corrected chi connectivity index (χ4v) is 4.81. The highest BCUT2D eigenvalue weighted by molar-refractivity contribution is 7.89. The predicted molar refractivity (Wildman–Crippen MR) is 110 cm³/mol. The van der Waals surface area contributed by atoms with E-state index < -0.39 is 22.0 Å². The Labute approximate surface area is 166 Å². The molecule has 6 nitrogen and oxygen atoms in total. The Hall–Kier alpha value is -2.51. The van der Waals surface area contributed by atoms with Gasteiger partial charge in [-0.3, -0.25) is 9.59 Å².